The molecule has 0 amide bonds. The molecule has 0 spiro atoms. The lowest BCUT2D eigenvalue weighted by molar-refractivity contribution is -0.149. The smallest absolute Gasteiger partial charge is 0.397 e. The van der Waals surface area contributed by atoms with Crippen molar-refractivity contribution in [3.05, 3.63) is 6.08 Å². The molecular formula is C10H9FN5O9P. The summed E-state index contributed by atoms with van der Waals surface area (Å²) in [5, 5.41) is 29.7. The van der Waals surface area contributed by atoms with Crippen LogP contribution in [-0.4, -0.2) is 66.2 Å². The van der Waals surface area contributed by atoms with Crippen LogP contribution in [0.15, 0.2) is 0 Å². The van der Waals surface area contributed by atoms with E-state index in [1.807, 2.05) is 0 Å². The Morgan fingerprint density at radius 1 is 1.27 bits per heavy atom. The van der Waals surface area contributed by atoms with Crippen molar-refractivity contribution in [3.63, 3.8) is 0 Å². The number of halogens is 1. The minimum absolute atomic E-state index is 0.112. The maximum absolute atomic E-state index is 13.6. The Kier molecular flexibility index (Phi) is 3.21. The summed E-state index contributed by atoms with van der Waals surface area (Å²) >= 11 is 0. The van der Waals surface area contributed by atoms with Gasteiger partial charge in [0.15, 0.2) is 17.5 Å². The molecule has 2 saturated heterocycles. The summed E-state index contributed by atoms with van der Waals surface area (Å²) in [7, 11) is -4.06. The Morgan fingerprint density at radius 3 is 2.73 bits per heavy atom. The van der Waals surface area contributed by atoms with Crippen molar-refractivity contribution < 1.29 is 47.6 Å². The second-order valence-corrected chi connectivity index (χ2v) is 6.85. The zero-order chi connectivity index (χ0) is 18.2. The molecule has 3 N–H and O–H groups in total. The van der Waals surface area contributed by atoms with Gasteiger partial charge in [-0.25, -0.2) is 4.57 Å². The van der Waals surface area contributed by atoms with Crippen LogP contribution in [-0.2, 0) is 18.6 Å². The minimum Gasteiger partial charge on any atom is -0.397 e. The van der Waals surface area contributed by atoms with Gasteiger partial charge in [-0.3, -0.25) is 0 Å². The number of aromatic nitrogens is 4. The molecule has 2 fully saturated rings. The first kappa shape index (κ1) is 16.1. The number of anilines is 1. The van der Waals surface area contributed by atoms with Crippen LogP contribution in [0.5, 0.6) is 6.01 Å². The summed E-state index contributed by atoms with van der Waals surface area (Å²) in [5.41, 5.74) is -0.365. The van der Waals surface area contributed by atoms with E-state index < -0.39 is 51.1 Å². The average molecular weight is 393 g/mol. The summed E-state index contributed by atoms with van der Waals surface area (Å²) < 4.78 is 46.1. The lowest BCUT2D eigenvalue weighted by Gasteiger charge is -2.35. The van der Waals surface area contributed by atoms with Gasteiger partial charge in [0.1, 0.15) is 12.2 Å². The van der Waals surface area contributed by atoms with Gasteiger partial charge in [0.25, 0.3) is 0 Å². The lowest BCUT2D eigenvalue weighted by Crippen LogP contribution is -2.43. The molecule has 0 saturated carbocycles. The zero-order valence-electron chi connectivity index (χ0n) is 12.4. The highest BCUT2D eigenvalue weighted by atomic mass is 31.2. The van der Waals surface area contributed by atoms with Crippen LogP contribution in [0.3, 0.4) is 0 Å². The maximum Gasteiger partial charge on any atom is 0.580 e. The standard InChI is InChI=1S/C10H9FN5O9P/c11-9-12-6-3-7(14-9)16-24-26(20,25-16)23-10(13-6)15(3)22-5-4(18)2(1-17)21-8(5)19/h2,4-5,8,17-19H,1H2/t2-,4-,5+,8-/m1/s1. The van der Waals surface area contributed by atoms with Gasteiger partial charge in [0, 0.05) is 0 Å². The third-order valence-electron chi connectivity index (χ3n) is 3.83. The Balaban J connectivity index is 1.63. The number of phosphoric acid groups is 1. The molecule has 6 heterocycles. The van der Waals surface area contributed by atoms with Gasteiger partial charge in [-0.2, -0.15) is 19.3 Å². The molecule has 6 rings (SSSR count). The topological polar surface area (TPSA) is 171 Å². The van der Waals surface area contributed by atoms with E-state index in [1.54, 1.807) is 0 Å². The molecule has 0 radical (unpaired) electrons. The number of nitrogens with zero attached hydrogens (tertiary/aromatic N) is 5. The SMILES string of the molecule is O=P12Oc3nc4nc(F)nc(c4n3O[C@H]3[C@H](O)[C@@H](CO)O[C@H]3O)N(O1)O2. The van der Waals surface area contributed by atoms with Crippen LogP contribution in [0.4, 0.5) is 10.2 Å². The van der Waals surface area contributed by atoms with Gasteiger partial charge in [-0.15, -0.1) is 14.0 Å². The maximum atomic E-state index is 13.6. The Hall–Kier alpha value is -2.13. The fourth-order valence-corrected chi connectivity index (χ4v) is 3.59. The monoisotopic (exact) mass is 393 g/mol. The van der Waals surface area contributed by atoms with E-state index >= 15 is 0 Å². The molecule has 4 bridgehead atoms. The normalized spacial score (nSPS) is 31.5. The quantitative estimate of drug-likeness (QED) is 0.387. The number of rotatable bonds is 3. The highest BCUT2D eigenvalue weighted by molar-refractivity contribution is 7.50. The molecule has 16 heteroatoms. The predicted octanol–water partition coefficient (Wildman–Crippen LogP) is -1.98. The fraction of sp³-hybridized carbons (Fsp3) is 0.500. The molecule has 26 heavy (non-hydrogen) atoms. The largest absolute Gasteiger partial charge is 0.580 e. The van der Waals surface area contributed by atoms with Crippen molar-refractivity contribution in [2.24, 2.45) is 0 Å². The minimum atomic E-state index is -4.06. The van der Waals surface area contributed by atoms with Crippen molar-refractivity contribution in [3.8, 4) is 6.01 Å². The molecule has 4 atom stereocenters. The van der Waals surface area contributed by atoms with Gasteiger partial charge >= 0.3 is 19.9 Å². The van der Waals surface area contributed by atoms with Crippen LogP contribution in [0.2, 0.25) is 0 Å². The number of aliphatic hydroxyl groups excluding tert-OH is 3. The number of aliphatic hydroxyl groups is 3. The average Bonchev–Trinajstić information content (AvgIpc) is 3.03. The summed E-state index contributed by atoms with van der Waals surface area (Å²) in [6.07, 6.45) is -6.70. The van der Waals surface area contributed by atoms with Crippen molar-refractivity contribution in [2.75, 3.05) is 11.8 Å². The lowest BCUT2D eigenvalue weighted by atomic mass is 10.1. The van der Waals surface area contributed by atoms with Crippen LogP contribution in [0.1, 0.15) is 0 Å². The van der Waals surface area contributed by atoms with Crippen molar-refractivity contribution in [1.82, 2.24) is 19.7 Å². The van der Waals surface area contributed by atoms with E-state index in [0.717, 1.165) is 4.73 Å². The first-order chi connectivity index (χ1) is 12.4. The van der Waals surface area contributed by atoms with E-state index in [0.29, 0.717) is 5.23 Å². The molecular weight excluding hydrogens is 384 g/mol. The van der Waals surface area contributed by atoms with E-state index in [9.17, 15) is 19.2 Å². The van der Waals surface area contributed by atoms with E-state index in [-0.39, 0.29) is 17.0 Å². The number of hydrogen-bond donors (Lipinski definition) is 3. The van der Waals surface area contributed by atoms with Gasteiger partial charge in [-0.05, 0) is 0 Å². The summed E-state index contributed by atoms with van der Waals surface area (Å²) in [6, 6.07) is -0.504. The molecule has 2 aromatic heterocycles. The molecule has 4 aliphatic heterocycles. The molecule has 0 unspecified atom stereocenters. The van der Waals surface area contributed by atoms with Gasteiger partial charge in [-0.1, -0.05) is 5.23 Å². The summed E-state index contributed by atoms with van der Waals surface area (Å²) in [5.74, 6) is -0.331. The van der Waals surface area contributed by atoms with Crippen molar-refractivity contribution >= 4 is 24.8 Å². The van der Waals surface area contributed by atoms with Crippen molar-refractivity contribution in [2.45, 2.75) is 24.6 Å². The molecule has 4 aliphatic rings. The fourth-order valence-electron chi connectivity index (χ4n) is 2.68. The van der Waals surface area contributed by atoms with Crippen LogP contribution >= 0.6 is 7.82 Å². The number of ether oxygens (including phenoxy) is 1. The second-order valence-electron chi connectivity index (χ2n) is 5.44. The van der Waals surface area contributed by atoms with E-state index in [4.69, 9.17) is 28.5 Å². The van der Waals surface area contributed by atoms with Gasteiger partial charge in [0.2, 0.25) is 11.9 Å². The summed E-state index contributed by atoms with van der Waals surface area (Å²) in [4.78, 5) is 16.2. The Labute approximate surface area is 141 Å². The highest BCUT2D eigenvalue weighted by Gasteiger charge is 2.53. The first-order valence-corrected chi connectivity index (χ1v) is 8.59. The Bertz CT molecular complexity index is 947. The van der Waals surface area contributed by atoms with Crippen LogP contribution in [0, 0.1) is 6.08 Å². The van der Waals surface area contributed by atoms with Crippen LogP contribution < -0.4 is 14.6 Å². The van der Waals surface area contributed by atoms with E-state index in [1.165, 1.54) is 0 Å². The molecule has 0 aliphatic carbocycles. The first-order valence-electron chi connectivity index (χ1n) is 7.13. The highest BCUT2D eigenvalue weighted by Crippen LogP contribution is 2.61. The van der Waals surface area contributed by atoms with E-state index in [2.05, 4.69) is 15.0 Å². The molecule has 14 nitrogen and oxygen atoms in total. The summed E-state index contributed by atoms with van der Waals surface area (Å²) in [6.45, 7) is -0.573. The molecule has 140 valence electrons. The number of hydrogen-bond acceptors (Lipinski definition) is 13. The number of imidazole rings is 1. The van der Waals surface area contributed by atoms with Crippen molar-refractivity contribution in [1.29, 1.82) is 0 Å². The van der Waals surface area contributed by atoms with Gasteiger partial charge < -0.3 is 29.4 Å². The predicted molar refractivity (Wildman–Crippen MR) is 72.5 cm³/mol. The van der Waals surface area contributed by atoms with Gasteiger partial charge in [0.05, 0.1) is 6.61 Å². The zero-order valence-corrected chi connectivity index (χ0v) is 13.3. The second kappa shape index (κ2) is 5.20. The molecule has 0 aromatic carbocycles. The third kappa shape index (κ3) is 2.13. The molecule has 2 aromatic rings. The van der Waals surface area contributed by atoms with Crippen LogP contribution in [0.25, 0.3) is 11.2 Å². The third-order valence-corrected chi connectivity index (χ3v) is 4.92. The Morgan fingerprint density at radius 2 is 2.04 bits per heavy atom.